The minimum atomic E-state index is 0.256. The van der Waals surface area contributed by atoms with Gasteiger partial charge in [-0.2, -0.15) is 0 Å². The molecule has 0 bridgehead atoms. The number of hydrogen-bond acceptors (Lipinski definition) is 4. The summed E-state index contributed by atoms with van der Waals surface area (Å²) in [6.45, 7) is 5.11. The molecule has 2 heterocycles. The summed E-state index contributed by atoms with van der Waals surface area (Å²) in [6, 6.07) is 6.82. The fraction of sp³-hybridized carbons (Fsp3) is 0.571. The fourth-order valence-corrected chi connectivity index (χ4v) is 5.52. The molecule has 1 saturated heterocycles. The van der Waals surface area contributed by atoms with E-state index >= 15 is 0 Å². The van der Waals surface area contributed by atoms with Gasteiger partial charge in [0.05, 0.1) is 11.4 Å². The van der Waals surface area contributed by atoms with E-state index in [2.05, 4.69) is 47.1 Å². The van der Waals surface area contributed by atoms with Crippen LogP contribution in [0.1, 0.15) is 49.7 Å². The summed E-state index contributed by atoms with van der Waals surface area (Å²) in [5.74, 6) is 1.42. The average molecular weight is 385 g/mol. The Labute approximate surface area is 165 Å². The van der Waals surface area contributed by atoms with Crippen molar-refractivity contribution in [1.29, 1.82) is 0 Å². The molecule has 1 saturated carbocycles. The Bertz CT molecular complexity index is 816. The number of carbonyl (C=O) groups excluding carboxylic acids is 1. The molecule has 1 aromatic heterocycles. The van der Waals surface area contributed by atoms with Crippen molar-refractivity contribution in [2.45, 2.75) is 63.6 Å². The number of aromatic nitrogens is 3. The molecule has 2 unspecified atom stereocenters. The highest BCUT2D eigenvalue weighted by Crippen LogP contribution is 2.35. The van der Waals surface area contributed by atoms with Crippen LogP contribution in [0, 0.1) is 19.8 Å². The number of carbonyl (C=O) groups is 1. The Kier molecular flexibility index (Phi) is 5.53. The second-order valence-electron chi connectivity index (χ2n) is 7.90. The smallest absolute Gasteiger partial charge is 0.233 e. The minimum Gasteiger partial charge on any atom is -0.339 e. The molecule has 4 rings (SSSR count). The number of thioether (sulfide) groups is 1. The molecule has 0 N–H and O–H groups in total. The van der Waals surface area contributed by atoms with Gasteiger partial charge < -0.3 is 4.90 Å². The average Bonchev–Trinajstić information content (AvgIpc) is 3.14. The molecule has 6 heteroatoms. The maximum absolute atomic E-state index is 13.0. The lowest BCUT2D eigenvalue weighted by Crippen LogP contribution is -2.50. The number of fused-ring (bicyclic) bond motifs is 1. The largest absolute Gasteiger partial charge is 0.339 e. The van der Waals surface area contributed by atoms with Crippen LogP contribution >= 0.6 is 11.8 Å². The molecule has 1 aromatic carbocycles. The summed E-state index contributed by atoms with van der Waals surface area (Å²) in [6.07, 6.45) is 9.25. The van der Waals surface area contributed by atoms with Gasteiger partial charge in [-0.1, -0.05) is 42.3 Å². The van der Waals surface area contributed by atoms with Gasteiger partial charge in [0.2, 0.25) is 5.91 Å². The van der Waals surface area contributed by atoms with Crippen molar-refractivity contribution in [3.05, 3.63) is 35.7 Å². The van der Waals surface area contributed by atoms with Crippen molar-refractivity contribution >= 4 is 17.7 Å². The zero-order chi connectivity index (χ0) is 18.8. The molecule has 0 spiro atoms. The lowest BCUT2D eigenvalue weighted by atomic mass is 9.78. The molecule has 1 aliphatic heterocycles. The number of rotatable bonds is 4. The maximum atomic E-state index is 13.0. The summed E-state index contributed by atoms with van der Waals surface area (Å²) < 4.78 is 1.99. The third kappa shape index (κ3) is 3.91. The first-order valence-corrected chi connectivity index (χ1v) is 11.0. The Balaban J connectivity index is 1.45. The fourth-order valence-electron chi connectivity index (χ4n) is 4.71. The standard InChI is InChI=1S/C21H28N4OS/c1-15-9-10-18(16(2)12-15)25-14-22-23-21(25)27-13-20(26)24-11-5-7-17-6-3-4-8-19(17)24/h9-10,12,14,17,19H,3-8,11,13H2,1-2H3. The zero-order valence-electron chi connectivity index (χ0n) is 16.2. The first-order chi connectivity index (χ1) is 13.1. The van der Waals surface area contributed by atoms with E-state index in [9.17, 15) is 4.79 Å². The van der Waals surface area contributed by atoms with Gasteiger partial charge >= 0.3 is 0 Å². The molecule has 2 atom stereocenters. The van der Waals surface area contributed by atoms with E-state index in [1.165, 1.54) is 55.0 Å². The lowest BCUT2D eigenvalue weighted by molar-refractivity contribution is -0.134. The van der Waals surface area contributed by atoms with Crippen LogP contribution in [0.5, 0.6) is 0 Å². The number of hydrogen-bond donors (Lipinski definition) is 0. The molecule has 2 fully saturated rings. The van der Waals surface area contributed by atoms with Crippen LogP contribution in [-0.2, 0) is 4.79 Å². The molecule has 0 radical (unpaired) electrons. The Hall–Kier alpha value is -1.82. The van der Waals surface area contributed by atoms with Crippen LogP contribution in [0.25, 0.3) is 5.69 Å². The van der Waals surface area contributed by atoms with Gasteiger partial charge in [-0.05, 0) is 57.1 Å². The zero-order valence-corrected chi connectivity index (χ0v) is 17.0. The van der Waals surface area contributed by atoms with Crippen LogP contribution in [0.4, 0.5) is 0 Å². The van der Waals surface area contributed by atoms with Crippen molar-refractivity contribution in [3.63, 3.8) is 0 Å². The van der Waals surface area contributed by atoms with E-state index in [-0.39, 0.29) is 5.91 Å². The van der Waals surface area contributed by atoms with Crippen molar-refractivity contribution in [2.75, 3.05) is 12.3 Å². The third-order valence-electron chi connectivity index (χ3n) is 6.02. The van der Waals surface area contributed by atoms with Crippen LogP contribution in [0.15, 0.2) is 29.7 Å². The summed E-state index contributed by atoms with van der Waals surface area (Å²) in [5, 5.41) is 9.13. The van der Waals surface area contributed by atoms with Crippen LogP contribution < -0.4 is 0 Å². The van der Waals surface area contributed by atoms with Crippen LogP contribution in [0.2, 0.25) is 0 Å². The predicted octanol–water partition coefficient (Wildman–Crippen LogP) is 4.16. The van der Waals surface area contributed by atoms with Crippen LogP contribution in [-0.4, -0.2) is 43.9 Å². The second-order valence-corrected chi connectivity index (χ2v) is 8.85. The van der Waals surface area contributed by atoms with Crippen molar-refractivity contribution < 1.29 is 4.79 Å². The van der Waals surface area contributed by atoms with Gasteiger partial charge in [-0.15, -0.1) is 10.2 Å². The number of nitrogens with zero attached hydrogens (tertiary/aromatic N) is 4. The van der Waals surface area contributed by atoms with Crippen molar-refractivity contribution in [3.8, 4) is 5.69 Å². The topological polar surface area (TPSA) is 51.0 Å². The van der Waals surface area contributed by atoms with Crippen molar-refractivity contribution in [1.82, 2.24) is 19.7 Å². The number of benzene rings is 1. The molecule has 2 aromatic rings. The number of aryl methyl sites for hydroxylation is 2. The molecule has 5 nitrogen and oxygen atoms in total. The molecule has 144 valence electrons. The Morgan fingerprint density at radius 3 is 2.85 bits per heavy atom. The molecule has 1 aliphatic carbocycles. The molecule has 2 aliphatic rings. The van der Waals surface area contributed by atoms with Gasteiger partial charge in [0.25, 0.3) is 0 Å². The normalized spacial score (nSPS) is 22.5. The van der Waals surface area contributed by atoms with Crippen molar-refractivity contribution in [2.24, 2.45) is 5.92 Å². The van der Waals surface area contributed by atoms with E-state index in [1.807, 2.05) is 4.57 Å². The van der Waals surface area contributed by atoms with Gasteiger partial charge in [-0.3, -0.25) is 9.36 Å². The lowest BCUT2D eigenvalue weighted by Gasteiger charge is -2.44. The summed E-state index contributed by atoms with van der Waals surface area (Å²) in [4.78, 5) is 15.1. The predicted molar refractivity (Wildman–Crippen MR) is 108 cm³/mol. The van der Waals surface area contributed by atoms with E-state index in [4.69, 9.17) is 0 Å². The summed E-state index contributed by atoms with van der Waals surface area (Å²) in [7, 11) is 0. The van der Waals surface area contributed by atoms with Gasteiger partial charge in [0, 0.05) is 12.6 Å². The monoisotopic (exact) mass is 384 g/mol. The first kappa shape index (κ1) is 18.5. The van der Waals surface area contributed by atoms with Gasteiger partial charge in [-0.25, -0.2) is 0 Å². The number of likely N-dealkylation sites (tertiary alicyclic amines) is 1. The van der Waals surface area contributed by atoms with E-state index in [0.29, 0.717) is 11.8 Å². The minimum absolute atomic E-state index is 0.256. The second kappa shape index (κ2) is 8.05. The quantitative estimate of drug-likeness (QED) is 0.743. The SMILES string of the molecule is Cc1ccc(-n2cnnc2SCC(=O)N2CCCC3CCCCC32)c(C)c1. The van der Waals surface area contributed by atoms with E-state index in [1.54, 1.807) is 6.33 Å². The van der Waals surface area contributed by atoms with E-state index in [0.717, 1.165) is 29.7 Å². The third-order valence-corrected chi connectivity index (χ3v) is 6.94. The maximum Gasteiger partial charge on any atom is 0.233 e. The molecular weight excluding hydrogens is 356 g/mol. The summed E-state index contributed by atoms with van der Waals surface area (Å²) in [5.41, 5.74) is 3.50. The molecule has 1 amide bonds. The van der Waals surface area contributed by atoms with Gasteiger partial charge in [0.15, 0.2) is 5.16 Å². The molecular formula is C21H28N4OS. The highest BCUT2D eigenvalue weighted by molar-refractivity contribution is 7.99. The van der Waals surface area contributed by atoms with E-state index < -0.39 is 0 Å². The number of piperidine rings is 1. The van der Waals surface area contributed by atoms with Crippen LogP contribution in [0.3, 0.4) is 0 Å². The Morgan fingerprint density at radius 1 is 1.19 bits per heavy atom. The summed E-state index contributed by atoms with van der Waals surface area (Å²) >= 11 is 1.50. The Morgan fingerprint density at radius 2 is 2.00 bits per heavy atom. The van der Waals surface area contributed by atoms with Gasteiger partial charge in [0.1, 0.15) is 6.33 Å². The highest BCUT2D eigenvalue weighted by atomic mass is 32.2. The highest BCUT2D eigenvalue weighted by Gasteiger charge is 2.35. The first-order valence-electron chi connectivity index (χ1n) is 10.0. The number of amides is 1. The molecule has 27 heavy (non-hydrogen) atoms.